The summed E-state index contributed by atoms with van der Waals surface area (Å²) in [6.45, 7) is 2.77. The Morgan fingerprint density at radius 3 is 2.68 bits per heavy atom. The molecule has 0 amide bonds. The molecule has 0 radical (unpaired) electrons. The number of methoxy groups -OCH3 is 1. The van der Waals surface area contributed by atoms with Crippen molar-refractivity contribution in [1.82, 2.24) is 4.98 Å². The van der Waals surface area contributed by atoms with Gasteiger partial charge in [-0.3, -0.25) is 4.79 Å². The lowest BCUT2D eigenvalue weighted by atomic mass is 10.1. The Morgan fingerprint density at radius 2 is 1.96 bits per heavy atom. The number of H-pyrrole nitrogens is 1. The number of aliphatic hydroxyl groups is 1. The van der Waals surface area contributed by atoms with Crippen molar-refractivity contribution < 1.29 is 24.3 Å². The zero-order chi connectivity index (χ0) is 19.5. The van der Waals surface area contributed by atoms with Gasteiger partial charge in [-0.1, -0.05) is 24.3 Å². The van der Waals surface area contributed by atoms with E-state index in [1.54, 1.807) is 0 Å². The van der Waals surface area contributed by atoms with E-state index in [0.29, 0.717) is 12.3 Å². The first-order valence-corrected chi connectivity index (χ1v) is 9.50. The summed E-state index contributed by atoms with van der Waals surface area (Å²) in [7, 11) is 1.38. The predicted molar refractivity (Wildman–Crippen MR) is 105 cm³/mol. The third-order valence-corrected chi connectivity index (χ3v) is 5.27. The van der Waals surface area contributed by atoms with Gasteiger partial charge in [-0.05, 0) is 23.8 Å². The fourth-order valence-corrected chi connectivity index (χ4v) is 3.85. The number of carbonyl (C=O) groups excluding carboxylic acids is 1. The number of nitrogens with one attached hydrogen (secondary N) is 2. The molecule has 2 heterocycles. The van der Waals surface area contributed by atoms with E-state index < -0.39 is 6.10 Å². The van der Waals surface area contributed by atoms with Gasteiger partial charge in [0.15, 0.2) is 0 Å². The maximum Gasteiger partial charge on any atom is 0.310 e. The van der Waals surface area contributed by atoms with E-state index in [2.05, 4.69) is 29.2 Å². The molecule has 0 saturated heterocycles. The van der Waals surface area contributed by atoms with Crippen molar-refractivity contribution in [1.29, 1.82) is 0 Å². The number of ether oxygens (including phenoxy) is 2. The van der Waals surface area contributed by atoms with Crippen LogP contribution in [0.5, 0.6) is 5.75 Å². The summed E-state index contributed by atoms with van der Waals surface area (Å²) >= 11 is 0. The predicted octanol–water partition coefficient (Wildman–Crippen LogP) is 1.22. The number of carbonyl (C=O) groups is 1. The van der Waals surface area contributed by atoms with Crippen molar-refractivity contribution in [3.63, 3.8) is 0 Å². The SMILES string of the molecule is COC(=O)Cc1c[nH]c2ccc(OC[C@H](O)C[NH+]3Cc4ccccc4C3)cc12. The number of aliphatic hydroxyl groups excluding tert-OH is 1. The minimum absolute atomic E-state index is 0.210. The van der Waals surface area contributed by atoms with Crippen LogP contribution in [0.15, 0.2) is 48.7 Å². The molecule has 1 aromatic heterocycles. The van der Waals surface area contributed by atoms with Gasteiger partial charge in [-0.2, -0.15) is 0 Å². The number of benzene rings is 2. The Morgan fingerprint density at radius 1 is 1.21 bits per heavy atom. The molecule has 0 spiro atoms. The fraction of sp³-hybridized carbons (Fsp3) is 0.318. The van der Waals surface area contributed by atoms with Gasteiger partial charge in [0.2, 0.25) is 0 Å². The molecule has 4 rings (SSSR count). The molecule has 3 aromatic rings. The summed E-state index contributed by atoms with van der Waals surface area (Å²) in [5.41, 5.74) is 4.53. The van der Waals surface area contributed by atoms with E-state index in [1.807, 2.05) is 24.4 Å². The molecule has 3 N–H and O–H groups in total. The summed E-state index contributed by atoms with van der Waals surface area (Å²) < 4.78 is 10.6. The van der Waals surface area contributed by atoms with E-state index >= 15 is 0 Å². The van der Waals surface area contributed by atoms with Gasteiger partial charge >= 0.3 is 5.97 Å². The summed E-state index contributed by atoms with van der Waals surface area (Å²) in [6, 6.07) is 14.1. The lowest BCUT2D eigenvalue weighted by Crippen LogP contribution is -3.09. The normalized spacial score (nSPS) is 14.8. The van der Waals surface area contributed by atoms with Gasteiger partial charge in [0.25, 0.3) is 0 Å². The minimum atomic E-state index is -0.541. The second-order valence-corrected chi connectivity index (χ2v) is 7.32. The Labute approximate surface area is 163 Å². The highest BCUT2D eigenvalue weighted by Gasteiger charge is 2.24. The standard InChI is InChI=1S/C22H24N2O4/c1-27-22(26)8-17-10-23-21-7-6-19(9-20(17)21)28-14-18(25)13-24-11-15-4-2-3-5-16(15)12-24/h2-7,9-10,18,23,25H,8,11-14H2,1H3/p+1/t18-/m1/s1. The quantitative estimate of drug-likeness (QED) is 0.538. The second-order valence-electron chi connectivity index (χ2n) is 7.32. The molecule has 1 aliphatic heterocycles. The molecule has 6 heteroatoms. The van der Waals surface area contributed by atoms with Crippen molar-refractivity contribution in [3.05, 3.63) is 65.4 Å². The topological polar surface area (TPSA) is 76.0 Å². The minimum Gasteiger partial charge on any atom is -0.491 e. The number of aromatic amines is 1. The second kappa shape index (κ2) is 8.04. The average Bonchev–Trinajstić information content (AvgIpc) is 3.29. The molecule has 6 nitrogen and oxygen atoms in total. The van der Waals surface area contributed by atoms with E-state index in [9.17, 15) is 9.90 Å². The van der Waals surface area contributed by atoms with Crippen LogP contribution in [0.1, 0.15) is 16.7 Å². The Balaban J connectivity index is 1.35. The smallest absolute Gasteiger partial charge is 0.310 e. The summed E-state index contributed by atoms with van der Waals surface area (Å²) in [5.74, 6) is 0.397. The van der Waals surface area contributed by atoms with Gasteiger partial charge < -0.3 is 24.5 Å². The molecule has 146 valence electrons. The lowest BCUT2D eigenvalue weighted by Gasteiger charge is -2.17. The molecule has 0 fully saturated rings. The van der Waals surface area contributed by atoms with Crippen LogP contribution in [0.2, 0.25) is 0 Å². The van der Waals surface area contributed by atoms with Crippen LogP contribution in [0, 0.1) is 0 Å². The van der Waals surface area contributed by atoms with Crippen molar-refractivity contribution in [2.75, 3.05) is 20.3 Å². The highest BCUT2D eigenvalue weighted by Crippen LogP contribution is 2.24. The van der Waals surface area contributed by atoms with Crippen LogP contribution in [-0.2, 0) is 29.0 Å². The first kappa shape index (κ1) is 18.5. The molecule has 1 atom stereocenters. The third kappa shape index (κ3) is 4.03. The zero-order valence-corrected chi connectivity index (χ0v) is 15.9. The number of esters is 1. The maximum absolute atomic E-state index is 11.6. The summed E-state index contributed by atoms with van der Waals surface area (Å²) in [6.07, 6.45) is 1.48. The monoisotopic (exact) mass is 381 g/mol. The fourth-order valence-electron chi connectivity index (χ4n) is 3.85. The Bertz CT molecular complexity index is 957. The van der Waals surface area contributed by atoms with Gasteiger partial charge in [0, 0.05) is 28.2 Å². The van der Waals surface area contributed by atoms with Crippen LogP contribution < -0.4 is 9.64 Å². The van der Waals surface area contributed by atoms with Crippen molar-refractivity contribution in [2.45, 2.75) is 25.6 Å². The van der Waals surface area contributed by atoms with Gasteiger partial charge in [0.05, 0.1) is 13.5 Å². The molecule has 0 saturated carbocycles. The molecular weight excluding hydrogens is 356 g/mol. The molecular formula is C22H25N2O4+. The number of rotatable bonds is 7. The number of fused-ring (bicyclic) bond motifs is 2. The molecule has 28 heavy (non-hydrogen) atoms. The van der Waals surface area contributed by atoms with Crippen LogP contribution in [0.25, 0.3) is 10.9 Å². The number of quaternary nitrogens is 1. The largest absolute Gasteiger partial charge is 0.491 e. The lowest BCUT2D eigenvalue weighted by molar-refractivity contribution is -0.923. The average molecular weight is 381 g/mol. The van der Waals surface area contributed by atoms with Crippen LogP contribution >= 0.6 is 0 Å². The van der Waals surface area contributed by atoms with Gasteiger partial charge in [-0.15, -0.1) is 0 Å². The molecule has 1 aliphatic rings. The maximum atomic E-state index is 11.6. The Kier molecular flexibility index (Phi) is 5.32. The first-order chi connectivity index (χ1) is 13.6. The zero-order valence-electron chi connectivity index (χ0n) is 15.9. The van der Waals surface area contributed by atoms with E-state index in [-0.39, 0.29) is 19.0 Å². The third-order valence-electron chi connectivity index (χ3n) is 5.27. The number of hydrogen-bond donors (Lipinski definition) is 3. The van der Waals surface area contributed by atoms with E-state index in [1.165, 1.54) is 23.1 Å². The van der Waals surface area contributed by atoms with Crippen molar-refractivity contribution in [3.8, 4) is 5.75 Å². The van der Waals surface area contributed by atoms with Crippen molar-refractivity contribution >= 4 is 16.9 Å². The highest BCUT2D eigenvalue weighted by molar-refractivity contribution is 5.88. The molecule has 0 aliphatic carbocycles. The molecule has 2 aromatic carbocycles. The van der Waals surface area contributed by atoms with E-state index in [4.69, 9.17) is 9.47 Å². The van der Waals surface area contributed by atoms with E-state index in [0.717, 1.165) is 29.6 Å². The van der Waals surface area contributed by atoms with Crippen molar-refractivity contribution in [2.24, 2.45) is 0 Å². The highest BCUT2D eigenvalue weighted by atomic mass is 16.5. The molecule has 0 unspecified atom stereocenters. The number of hydrogen-bond acceptors (Lipinski definition) is 4. The van der Waals surface area contributed by atoms with Crippen LogP contribution in [0.4, 0.5) is 0 Å². The molecule has 0 bridgehead atoms. The summed E-state index contributed by atoms with van der Waals surface area (Å²) in [4.78, 5) is 16.1. The van der Waals surface area contributed by atoms with Crippen LogP contribution in [-0.4, -0.2) is 42.4 Å². The number of aromatic nitrogens is 1. The summed E-state index contributed by atoms with van der Waals surface area (Å²) in [5, 5.41) is 11.3. The van der Waals surface area contributed by atoms with Gasteiger partial charge in [0.1, 0.15) is 38.1 Å². The first-order valence-electron chi connectivity index (χ1n) is 9.50. The van der Waals surface area contributed by atoms with Crippen LogP contribution in [0.3, 0.4) is 0 Å². The van der Waals surface area contributed by atoms with Gasteiger partial charge in [-0.25, -0.2) is 0 Å². The Hall–Kier alpha value is -2.83.